The van der Waals surface area contributed by atoms with Crippen molar-refractivity contribution in [2.24, 2.45) is 0 Å². The van der Waals surface area contributed by atoms with Crippen molar-refractivity contribution in [1.29, 1.82) is 0 Å². The van der Waals surface area contributed by atoms with Gasteiger partial charge >= 0.3 is 0 Å². The number of halogens is 2. The van der Waals surface area contributed by atoms with Crippen LogP contribution >= 0.6 is 31.9 Å². The van der Waals surface area contributed by atoms with Crippen LogP contribution in [0.15, 0.2) is 34.8 Å². The quantitative estimate of drug-likeness (QED) is 0.509. The number of carbonyl (C=O) groups is 3. The molecule has 3 aliphatic heterocycles. The van der Waals surface area contributed by atoms with E-state index in [1.165, 1.54) is 0 Å². The highest BCUT2D eigenvalue weighted by Gasteiger charge is 2.54. The number of rotatable bonds is 1. The van der Waals surface area contributed by atoms with Crippen LogP contribution in [0.2, 0.25) is 0 Å². The summed E-state index contributed by atoms with van der Waals surface area (Å²) >= 11 is 6.69. The van der Waals surface area contributed by atoms with Crippen LogP contribution in [-0.4, -0.2) is 45.6 Å². The molecule has 2 amide bonds. The van der Waals surface area contributed by atoms with E-state index in [9.17, 15) is 14.4 Å². The van der Waals surface area contributed by atoms with Crippen molar-refractivity contribution in [1.82, 2.24) is 4.90 Å². The molecule has 3 heterocycles. The van der Waals surface area contributed by atoms with E-state index < -0.39 is 34.9 Å². The first-order valence-electron chi connectivity index (χ1n) is 6.68. The van der Waals surface area contributed by atoms with Gasteiger partial charge in [0.1, 0.15) is 23.1 Å². The van der Waals surface area contributed by atoms with Crippen molar-refractivity contribution in [2.75, 3.05) is 0 Å². The summed E-state index contributed by atoms with van der Waals surface area (Å²) in [6, 6.07) is 5.64. The highest BCUT2D eigenvalue weighted by molar-refractivity contribution is 9.12. The Labute approximate surface area is 142 Å². The van der Waals surface area contributed by atoms with Crippen LogP contribution in [0.1, 0.15) is 20.7 Å². The van der Waals surface area contributed by atoms with Crippen molar-refractivity contribution in [3.63, 3.8) is 0 Å². The summed E-state index contributed by atoms with van der Waals surface area (Å²) in [7, 11) is 0. The fourth-order valence-electron chi connectivity index (χ4n) is 3.11. The van der Waals surface area contributed by atoms with Crippen LogP contribution in [0.5, 0.6) is 0 Å². The molecule has 1 saturated heterocycles. The molecular weight excluding hydrogens is 418 g/mol. The van der Waals surface area contributed by atoms with Gasteiger partial charge in [0.05, 0.1) is 11.1 Å². The zero-order valence-corrected chi connectivity index (χ0v) is 14.2. The van der Waals surface area contributed by atoms with Crippen molar-refractivity contribution in [3.05, 3.63) is 46.0 Å². The Balaban J connectivity index is 1.78. The minimum absolute atomic E-state index is 0.221. The highest BCUT2D eigenvalue weighted by Crippen LogP contribution is 2.40. The van der Waals surface area contributed by atoms with Crippen molar-refractivity contribution >= 4 is 49.5 Å². The molecule has 112 valence electrons. The number of amides is 2. The fraction of sp³-hybridized carbons (Fsp3) is 0.267. The van der Waals surface area contributed by atoms with Crippen LogP contribution in [0.3, 0.4) is 0 Å². The first-order valence-corrected chi connectivity index (χ1v) is 8.39. The molecule has 1 aromatic rings. The Hall–Kier alpha value is -1.31. The van der Waals surface area contributed by atoms with E-state index in [1.807, 2.05) is 0 Å². The molecule has 1 fully saturated rings. The number of Topliss-reactive ketones (excluding diaryl/α,β-unsaturated/α-hetero) is 1. The van der Waals surface area contributed by atoms with Gasteiger partial charge in [-0.25, -0.2) is 0 Å². The summed E-state index contributed by atoms with van der Waals surface area (Å²) < 4.78 is 6.52. The Bertz CT molecular complexity index is 725. The lowest BCUT2D eigenvalue weighted by Crippen LogP contribution is -2.58. The third-order valence-corrected chi connectivity index (χ3v) is 5.79. The molecule has 3 aliphatic rings. The molecule has 0 spiro atoms. The second-order valence-corrected chi connectivity index (χ2v) is 7.25. The van der Waals surface area contributed by atoms with Crippen LogP contribution in [0.25, 0.3) is 0 Å². The lowest BCUT2D eigenvalue weighted by Gasteiger charge is -2.36. The molecule has 1 aromatic carbocycles. The number of fused-ring (bicyclic) bond motifs is 3. The largest absolute Gasteiger partial charge is 0.361 e. The zero-order valence-electron chi connectivity index (χ0n) is 11.0. The van der Waals surface area contributed by atoms with E-state index in [0.29, 0.717) is 11.1 Å². The smallest absolute Gasteiger partial charge is 0.262 e. The lowest BCUT2D eigenvalue weighted by molar-refractivity contribution is -0.134. The number of imide groups is 1. The number of hydrogen-bond acceptors (Lipinski definition) is 4. The first-order chi connectivity index (χ1) is 10.5. The molecule has 5 nitrogen and oxygen atoms in total. The Morgan fingerprint density at radius 2 is 1.64 bits per heavy atom. The molecule has 0 aromatic heterocycles. The molecule has 4 rings (SSSR count). The van der Waals surface area contributed by atoms with Crippen LogP contribution in [0.4, 0.5) is 0 Å². The van der Waals surface area contributed by atoms with E-state index in [4.69, 9.17) is 4.74 Å². The lowest BCUT2D eigenvalue weighted by atomic mass is 10.00. The molecule has 22 heavy (non-hydrogen) atoms. The van der Waals surface area contributed by atoms with Gasteiger partial charge < -0.3 is 4.74 Å². The molecule has 2 bridgehead atoms. The maximum atomic E-state index is 12.6. The highest BCUT2D eigenvalue weighted by atomic mass is 79.9. The third-order valence-electron chi connectivity index (χ3n) is 4.14. The Morgan fingerprint density at radius 1 is 1.05 bits per heavy atom. The molecule has 7 heteroatoms. The predicted octanol–water partition coefficient (Wildman–Crippen LogP) is 2.04. The molecule has 0 aliphatic carbocycles. The van der Waals surface area contributed by atoms with Gasteiger partial charge in [0.25, 0.3) is 11.8 Å². The first kappa shape index (κ1) is 14.3. The topological polar surface area (TPSA) is 63.7 Å². The minimum atomic E-state index is -0.942. The van der Waals surface area contributed by atoms with Crippen molar-refractivity contribution in [2.45, 2.75) is 23.1 Å². The van der Waals surface area contributed by atoms with E-state index >= 15 is 0 Å². The van der Waals surface area contributed by atoms with Gasteiger partial charge in [-0.1, -0.05) is 44.0 Å². The number of alkyl halides is 1. The molecule has 0 N–H and O–H groups in total. The van der Waals surface area contributed by atoms with Gasteiger partial charge in [-0.15, -0.1) is 0 Å². The minimum Gasteiger partial charge on any atom is -0.361 e. The van der Waals surface area contributed by atoms with Crippen molar-refractivity contribution in [3.8, 4) is 0 Å². The van der Waals surface area contributed by atoms with Crippen molar-refractivity contribution < 1.29 is 19.1 Å². The monoisotopic (exact) mass is 425 g/mol. The average molecular weight is 427 g/mol. The number of ether oxygens (including phenoxy) is 1. The molecule has 4 atom stereocenters. The SMILES string of the molecule is O=C1[C@@H](Br)[C@@H]2O[C@@H](C=C2Br)[C@H]1N1C(=O)c2ccccc2C1=O. The number of carbonyl (C=O) groups excluding carboxylic acids is 3. The van der Waals surface area contributed by atoms with E-state index in [1.54, 1.807) is 30.3 Å². The summed E-state index contributed by atoms with van der Waals surface area (Å²) in [6.45, 7) is 0. The fourth-order valence-corrected chi connectivity index (χ4v) is 4.78. The Morgan fingerprint density at radius 3 is 2.23 bits per heavy atom. The summed E-state index contributed by atoms with van der Waals surface area (Å²) in [4.78, 5) is 38.2. The van der Waals surface area contributed by atoms with Crippen LogP contribution < -0.4 is 0 Å². The van der Waals surface area contributed by atoms with E-state index in [2.05, 4.69) is 31.9 Å². The number of hydrogen-bond donors (Lipinski definition) is 0. The molecule has 0 unspecified atom stereocenters. The number of benzene rings is 1. The average Bonchev–Trinajstić information content (AvgIpc) is 2.98. The van der Waals surface area contributed by atoms with Gasteiger partial charge in [0, 0.05) is 4.48 Å². The summed E-state index contributed by atoms with van der Waals surface area (Å²) in [6.07, 6.45) is 0.740. The third kappa shape index (κ3) is 1.76. The normalized spacial score (nSPS) is 33.3. The zero-order chi connectivity index (χ0) is 15.6. The van der Waals surface area contributed by atoms with Crippen LogP contribution in [-0.2, 0) is 9.53 Å². The predicted molar refractivity (Wildman–Crippen MR) is 84.1 cm³/mol. The van der Waals surface area contributed by atoms with E-state index in [0.717, 1.165) is 9.38 Å². The maximum Gasteiger partial charge on any atom is 0.262 e. The van der Waals surface area contributed by atoms with Gasteiger partial charge in [-0.2, -0.15) is 0 Å². The molecule has 0 saturated carbocycles. The van der Waals surface area contributed by atoms with Gasteiger partial charge in [-0.3, -0.25) is 19.3 Å². The number of nitrogens with zero attached hydrogens (tertiary/aromatic N) is 1. The van der Waals surface area contributed by atoms with E-state index in [-0.39, 0.29) is 5.78 Å². The van der Waals surface area contributed by atoms with Crippen LogP contribution in [0, 0.1) is 0 Å². The maximum absolute atomic E-state index is 12.6. The molecule has 0 radical (unpaired) electrons. The van der Waals surface area contributed by atoms with Gasteiger partial charge in [0.15, 0.2) is 5.78 Å². The summed E-state index contributed by atoms with van der Waals surface area (Å²) in [5.74, 6) is -1.12. The van der Waals surface area contributed by atoms with Gasteiger partial charge in [-0.05, 0) is 18.2 Å². The summed E-state index contributed by atoms with van der Waals surface area (Å²) in [5.41, 5.74) is 0.657. The second kappa shape index (κ2) is 4.84. The second-order valence-electron chi connectivity index (χ2n) is 5.35. The standard InChI is InChI=1S/C15H9Br2NO4/c16-8-5-9-11(12(19)10(17)13(8)22-9)18-14(20)6-3-1-2-4-7(6)15(18)21/h1-5,9-11,13H/t9-,10+,11+,13+/m0/s1. The number of ketones is 1. The molecular formula is C15H9Br2NO4. The summed E-state index contributed by atoms with van der Waals surface area (Å²) in [5, 5.41) is 0. The van der Waals surface area contributed by atoms with Gasteiger partial charge in [0.2, 0.25) is 0 Å². The Kier molecular flexibility index (Phi) is 3.15.